The van der Waals surface area contributed by atoms with Gasteiger partial charge in [-0.1, -0.05) is 197 Å². The van der Waals surface area contributed by atoms with Gasteiger partial charge in [0, 0.05) is 44.8 Å². The van der Waals surface area contributed by atoms with Gasteiger partial charge >= 0.3 is 0 Å². The molecule has 3 atom stereocenters. The Morgan fingerprint density at radius 2 is 1.18 bits per heavy atom. The summed E-state index contributed by atoms with van der Waals surface area (Å²) in [6.45, 7) is 7.44. The normalized spacial score (nSPS) is 20.7. The zero-order valence-corrected chi connectivity index (χ0v) is 37.4. The minimum absolute atomic E-state index is 0.0409. The van der Waals surface area contributed by atoms with Gasteiger partial charge in [-0.05, 0) is 98.6 Å². The molecule has 3 aliphatic carbocycles. The lowest BCUT2D eigenvalue weighted by Crippen LogP contribution is -2.37. The number of para-hydroxylation sites is 2. The van der Waals surface area contributed by atoms with Gasteiger partial charge < -0.3 is 10.2 Å². The predicted molar refractivity (Wildman–Crippen MR) is 272 cm³/mol. The molecule has 2 unspecified atom stereocenters. The van der Waals surface area contributed by atoms with E-state index in [1.807, 2.05) is 0 Å². The lowest BCUT2D eigenvalue weighted by molar-refractivity contribution is 0.245. The molecule has 316 valence electrons. The average molecular weight is 848 g/mol. The number of fused-ring (bicyclic) bond motifs is 13. The number of nitrogens with zero attached hydrogens (tertiary/aromatic N) is 2. The third kappa shape index (κ3) is 5.34. The summed E-state index contributed by atoms with van der Waals surface area (Å²) in [4.78, 5) is 7.85. The van der Waals surface area contributed by atoms with Crippen molar-refractivity contribution in [2.24, 2.45) is 5.41 Å². The highest BCUT2D eigenvalue weighted by Crippen LogP contribution is 2.69. The van der Waals surface area contributed by atoms with Crippen LogP contribution < -0.4 is 10.2 Å². The number of pyridine rings is 1. The zero-order chi connectivity index (χ0) is 44.2. The Bertz CT molecular complexity index is 3360. The monoisotopic (exact) mass is 847 g/mol. The number of hydrogen-bond donors (Lipinski definition) is 1. The van der Waals surface area contributed by atoms with Crippen LogP contribution in [0.5, 0.6) is 0 Å². The highest BCUT2D eigenvalue weighted by atomic mass is 15.2. The molecule has 3 heteroatoms. The Balaban J connectivity index is 1.04. The maximum atomic E-state index is 5.34. The van der Waals surface area contributed by atoms with Crippen molar-refractivity contribution in [3.05, 3.63) is 269 Å². The summed E-state index contributed by atoms with van der Waals surface area (Å²) < 4.78 is 0. The third-order valence-electron chi connectivity index (χ3n) is 15.8. The Hall–Kier alpha value is -7.75. The summed E-state index contributed by atoms with van der Waals surface area (Å²) in [6, 6.07) is 67.2. The molecule has 0 radical (unpaired) electrons. The van der Waals surface area contributed by atoms with Gasteiger partial charge in [0.15, 0.2) is 0 Å². The second-order valence-electron chi connectivity index (χ2n) is 19.3. The number of rotatable bonds is 5. The highest BCUT2D eigenvalue weighted by molar-refractivity contribution is 5.98. The van der Waals surface area contributed by atoms with Crippen LogP contribution in [-0.2, 0) is 10.8 Å². The lowest BCUT2D eigenvalue weighted by Gasteiger charge is -2.45. The van der Waals surface area contributed by atoms with Crippen LogP contribution in [0.25, 0.3) is 39.3 Å². The molecule has 5 aliphatic rings. The number of anilines is 3. The number of benzene rings is 7. The van der Waals surface area contributed by atoms with E-state index in [0.717, 1.165) is 39.5 Å². The smallest absolute Gasteiger partial charge is 0.0754 e. The van der Waals surface area contributed by atoms with E-state index >= 15 is 0 Å². The van der Waals surface area contributed by atoms with Gasteiger partial charge in [0.25, 0.3) is 0 Å². The van der Waals surface area contributed by atoms with E-state index in [9.17, 15) is 0 Å². The van der Waals surface area contributed by atoms with Crippen molar-refractivity contribution in [3.63, 3.8) is 0 Å². The van der Waals surface area contributed by atoms with Crippen molar-refractivity contribution in [1.29, 1.82) is 0 Å². The van der Waals surface area contributed by atoms with E-state index in [0.29, 0.717) is 5.92 Å². The summed E-state index contributed by atoms with van der Waals surface area (Å²) in [5, 5.41) is 3.91. The standard InChI is InChI=1S/C63H49N3/c1-61(2)60-47(48-25-16-17-37-62(48,61)3)35-36-52-59(60)46-24-10-11-26-49(46)63(52)50-27-12-14-33-57(50)66(58-34-15-13-28-51(58)63)45-39-43(55-31-18-29-53(64-55)41-20-6-4-7-21-41)38-44(40-45)56-32-19-30-54(65-56)42-22-8-5-9-23-42/h4-40,48,53,64H,1-3H3/t48?,53?,62-/m0/s1. The van der Waals surface area contributed by atoms with E-state index < -0.39 is 5.41 Å². The van der Waals surface area contributed by atoms with Crippen molar-refractivity contribution in [1.82, 2.24) is 10.3 Å². The predicted octanol–water partition coefficient (Wildman–Crippen LogP) is 15.3. The molecule has 7 aromatic carbocycles. The van der Waals surface area contributed by atoms with E-state index in [4.69, 9.17) is 4.98 Å². The molecule has 8 aromatic rings. The van der Waals surface area contributed by atoms with Gasteiger partial charge in [-0.3, -0.25) is 0 Å². The molecule has 13 rings (SSSR count). The van der Waals surface area contributed by atoms with Crippen LogP contribution >= 0.6 is 0 Å². The molecule has 2 aliphatic heterocycles. The van der Waals surface area contributed by atoms with Gasteiger partial charge in [-0.2, -0.15) is 0 Å². The van der Waals surface area contributed by atoms with Gasteiger partial charge in [0.2, 0.25) is 0 Å². The van der Waals surface area contributed by atoms with Crippen LogP contribution in [0.3, 0.4) is 0 Å². The van der Waals surface area contributed by atoms with Crippen LogP contribution in [-0.4, -0.2) is 4.98 Å². The Kier molecular flexibility index (Phi) is 8.43. The van der Waals surface area contributed by atoms with Crippen LogP contribution in [0.15, 0.2) is 225 Å². The summed E-state index contributed by atoms with van der Waals surface area (Å²) in [5.41, 5.74) is 21.1. The Morgan fingerprint density at radius 3 is 1.94 bits per heavy atom. The SMILES string of the molecule is CC1(C)c2c(ccc3c2-c2ccccc2C32c3ccccc3N(c3cc(C4=CC=CC(c5ccccc5)N4)cc(-c4cccc(-c5ccccc5)n4)c3)c3ccccc32)C2C=CC=C[C@@]21C. The minimum atomic E-state index is -0.547. The number of allylic oxidation sites excluding steroid dienone is 6. The quantitative estimate of drug-likeness (QED) is 0.187. The third-order valence-corrected chi connectivity index (χ3v) is 15.8. The number of hydrogen-bond acceptors (Lipinski definition) is 3. The molecule has 1 N–H and O–H groups in total. The Morgan fingerprint density at radius 1 is 0.530 bits per heavy atom. The first-order valence-corrected chi connectivity index (χ1v) is 23.4. The van der Waals surface area contributed by atoms with Crippen LogP contribution in [0.1, 0.15) is 77.2 Å². The van der Waals surface area contributed by atoms with E-state index in [1.165, 1.54) is 61.4 Å². The van der Waals surface area contributed by atoms with Crippen molar-refractivity contribution in [3.8, 4) is 33.6 Å². The summed E-state index contributed by atoms with van der Waals surface area (Å²) in [7, 11) is 0. The molecule has 0 fully saturated rings. The first kappa shape index (κ1) is 38.7. The van der Waals surface area contributed by atoms with Crippen LogP contribution in [0.4, 0.5) is 17.1 Å². The van der Waals surface area contributed by atoms with Crippen LogP contribution in [0, 0.1) is 5.41 Å². The van der Waals surface area contributed by atoms with Crippen molar-refractivity contribution >= 4 is 22.8 Å². The molecule has 1 spiro atoms. The second-order valence-corrected chi connectivity index (χ2v) is 19.3. The molecule has 0 saturated heterocycles. The molecule has 3 heterocycles. The largest absolute Gasteiger partial charge is 0.374 e. The number of dihydropyridines is 1. The minimum Gasteiger partial charge on any atom is -0.374 e. The van der Waals surface area contributed by atoms with E-state index in [1.54, 1.807) is 0 Å². The van der Waals surface area contributed by atoms with Crippen molar-refractivity contribution < 1.29 is 0 Å². The molecule has 0 amide bonds. The number of nitrogens with one attached hydrogen (secondary N) is 1. The summed E-state index contributed by atoms with van der Waals surface area (Å²) >= 11 is 0. The fourth-order valence-electron chi connectivity index (χ4n) is 12.4. The fourth-order valence-corrected chi connectivity index (χ4v) is 12.4. The first-order valence-electron chi connectivity index (χ1n) is 23.4. The van der Waals surface area contributed by atoms with Gasteiger partial charge in [0.1, 0.15) is 0 Å². The fraction of sp³-hybridized carbons (Fsp3) is 0.127. The molecule has 0 bridgehead atoms. The van der Waals surface area contributed by atoms with Gasteiger partial charge in [-0.25, -0.2) is 4.98 Å². The molecule has 0 saturated carbocycles. The molecule has 66 heavy (non-hydrogen) atoms. The highest BCUT2D eigenvalue weighted by Gasteiger charge is 2.59. The lowest BCUT2D eigenvalue weighted by atomic mass is 9.61. The molecular formula is C63H49N3. The van der Waals surface area contributed by atoms with Crippen LogP contribution in [0.2, 0.25) is 0 Å². The Labute approximate surface area is 387 Å². The summed E-state index contributed by atoms with van der Waals surface area (Å²) in [5.74, 6) is 0.319. The van der Waals surface area contributed by atoms with Crippen molar-refractivity contribution in [2.45, 2.75) is 43.6 Å². The molecule has 3 nitrogen and oxygen atoms in total. The van der Waals surface area contributed by atoms with Crippen molar-refractivity contribution in [2.75, 3.05) is 4.90 Å². The second kappa shape index (κ2) is 14.4. The maximum Gasteiger partial charge on any atom is 0.0754 e. The first-order chi connectivity index (χ1) is 32.4. The summed E-state index contributed by atoms with van der Waals surface area (Å²) in [6.07, 6.45) is 16.0. The topological polar surface area (TPSA) is 28.2 Å². The zero-order valence-electron chi connectivity index (χ0n) is 37.4. The van der Waals surface area contributed by atoms with E-state index in [-0.39, 0.29) is 16.9 Å². The van der Waals surface area contributed by atoms with E-state index in [2.05, 4.69) is 256 Å². The number of aromatic nitrogens is 1. The van der Waals surface area contributed by atoms with Gasteiger partial charge in [-0.15, -0.1) is 0 Å². The average Bonchev–Trinajstić information content (AvgIpc) is 3.77. The molecular weight excluding hydrogens is 799 g/mol. The maximum absolute atomic E-state index is 5.34. The van der Waals surface area contributed by atoms with Gasteiger partial charge in [0.05, 0.1) is 34.2 Å². The molecule has 1 aromatic heterocycles.